The molecule has 1 unspecified atom stereocenters. The van der Waals surface area contributed by atoms with Gasteiger partial charge in [0, 0.05) is 13.3 Å². The van der Waals surface area contributed by atoms with Gasteiger partial charge in [0.25, 0.3) is 0 Å². The number of carbonyl (C=O) groups is 2. The summed E-state index contributed by atoms with van der Waals surface area (Å²) in [4.78, 5) is 26.7. The van der Waals surface area contributed by atoms with E-state index in [1.165, 1.54) is 128 Å². The average molecular weight is 581 g/mol. The van der Waals surface area contributed by atoms with E-state index >= 15 is 0 Å². The molecule has 0 saturated carbocycles. The Labute approximate surface area is 257 Å². The second kappa shape index (κ2) is 26.9. The Morgan fingerprint density at radius 1 is 0.463 bits per heavy atom. The van der Waals surface area contributed by atoms with Crippen LogP contribution in [0.4, 0.5) is 0 Å². The quantitative estimate of drug-likeness (QED) is 0.0522. The molecule has 0 saturated heterocycles. The van der Waals surface area contributed by atoms with Gasteiger partial charge in [-0.2, -0.15) is 4.48 Å². The molecule has 2 amide bonds. The summed E-state index contributed by atoms with van der Waals surface area (Å²) in [5.74, 6) is -0.223. The van der Waals surface area contributed by atoms with Crippen LogP contribution in [0.1, 0.15) is 214 Å². The first kappa shape index (κ1) is 40.3. The Bertz CT molecular complexity index is 573. The Balaban J connectivity index is 4.14. The molecule has 1 atom stereocenters. The fourth-order valence-corrected chi connectivity index (χ4v) is 6.03. The third-order valence-corrected chi connectivity index (χ3v) is 9.62. The number of imide groups is 1. The van der Waals surface area contributed by atoms with Crippen LogP contribution >= 0.6 is 0 Å². The lowest BCUT2D eigenvalue weighted by Gasteiger charge is -2.40. The van der Waals surface area contributed by atoms with E-state index < -0.39 is 10.2 Å². The number of quaternary nitrogens is 1. The first-order valence-electron chi connectivity index (χ1n) is 18.4. The number of aliphatic hydroxyl groups is 1. The molecule has 4 heteroatoms. The normalized spacial score (nSPS) is 13.4. The number of nitrogens with zero attached hydrogens (tertiary/aromatic N) is 1. The predicted octanol–water partition coefficient (Wildman–Crippen LogP) is 11.6. The molecule has 4 nitrogen and oxygen atoms in total. The van der Waals surface area contributed by atoms with Gasteiger partial charge in [-0.15, -0.1) is 0 Å². The van der Waals surface area contributed by atoms with E-state index in [2.05, 4.69) is 13.8 Å². The zero-order chi connectivity index (χ0) is 30.7. The Kier molecular flexibility index (Phi) is 26.4. The summed E-state index contributed by atoms with van der Waals surface area (Å²) in [7, 11) is 1.67. The van der Waals surface area contributed by atoms with Gasteiger partial charge in [0.2, 0.25) is 5.72 Å². The van der Waals surface area contributed by atoms with Crippen molar-refractivity contribution in [3.63, 3.8) is 0 Å². The second-order valence-electron chi connectivity index (χ2n) is 13.3. The van der Waals surface area contributed by atoms with Crippen molar-refractivity contribution in [3.05, 3.63) is 0 Å². The molecule has 244 valence electrons. The van der Waals surface area contributed by atoms with E-state index in [0.29, 0.717) is 19.3 Å². The molecule has 0 radical (unpaired) electrons. The number of hydrogen-bond donors (Lipinski definition) is 1. The second-order valence-corrected chi connectivity index (χ2v) is 13.3. The molecule has 0 rings (SSSR count). The molecule has 0 spiro atoms. The highest BCUT2D eigenvalue weighted by Crippen LogP contribution is 2.29. The third-order valence-electron chi connectivity index (χ3n) is 9.62. The van der Waals surface area contributed by atoms with Crippen molar-refractivity contribution in [1.82, 2.24) is 0 Å². The van der Waals surface area contributed by atoms with Gasteiger partial charge in [-0.05, 0) is 12.8 Å². The fraction of sp³-hybridized carbons (Fsp3) is 0.946. The molecule has 1 N–H and O–H groups in total. The maximum Gasteiger partial charge on any atom is 0.323 e. The van der Waals surface area contributed by atoms with E-state index in [0.717, 1.165) is 38.5 Å². The van der Waals surface area contributed by atoms with Crippen LogP contribution in [-0.4, -0.2) is 34.2 Å². The Hall–Kier alpha value is -0.740. The first-order chi connectivity index (χ1) is 19.8. The zero-order valence-electron chi connectivity index (χ0n) is 28.7. The Morgan fingerprint density at radius 3 is 0.902 bits per heavy atom. The van der Waals surface area contributed by atoms with Crippen LogP contribution in [0.3, 0.4) is 0 Å². The minimum atomic E-state index is -1.35. The molecule has 0 aromatic rings. The van der Waals surface area contributed by atoms with Crippen molar-refractivity contribution in [2.45, 2.75) is 220 Å². The average Bonchev–Trinajstić information content (AvgIpc) is 2.96. The summed E-state index contributed by atoms with van der Waals surface area (Å²) < 4.78 is -0.458. The van der Waals surface area contributed by atoms with E-state index in [9.17, 15) is 14.7 Å². The molecule has 0 aliphatic heterocycles. The minimum absolute atomic E-state index is 0.111. The molecule has 41 heavy (non-hydrogen) atoms. The van der Waals surface area contributed by atoms with E-state index in [1.807, 2.05) is 6.92 Å². The van der Waals surface area contributed by atoms with Gasteiger partial charge >= 0.3 is 11.8 Å². The van der Waals surface area contributed by atoms with Gasteiger partial charge in [-0.3, -0.25) is 0 Å². The maximum atomic E-state index is 13.3. The van der Waals surface area contributed by atoms with Crippen LogP contribution in [0.15, 0.2) is 0 Å². The molecule has 0 aliphatic carbocycles. The number of amides is 2. The highest BCUT2D eigenvalue weighted by molar-refractivity contribution is 5.84. The number of unbranched alkanes of at least 4 members (excludes halogenated alkanes) is 24. The summed E-state index contributed by atoms with van der Waals surface area (Å²) in [6.07, 6.45) is 34.1. The predicted molar refractivity (Wildman–Crippen MR) is 178 cm³/mol. The van der Waals surface area contributed by atoms with E-state index in [1.54, 1.807) is 14.0 Å². The van der Waals surface area contributed by atoms with Gasteiger partial charge in [0.05, 0.1) is 19.9 Å². The minimum Gasteiger partial charge on any atom is -0.342 e. The first-order valence-corrected chi connectivity index (χ1v) is 18.4. The Morgan fingerprint density at radius 2 is 0.683 bits per heavy atom. The zero-order valence-corrected chi connectivity index (χ0v) is 28.7. The molecule has 0 aromatic heterocycles. The van der Waals surface area contributed by atoms with Crippen molar-refractivity contribution in [2.24, 2.45) is 0 Å². The summed E-state index contributed by atoms with van der Waals surface area (Å²) >= 11 is 0. The summed E-state index contributed by atoms with van der Waals surface area (Å²) in [6, 6.07) is 0. The van der Waals surface area contributed by atoms with Crippen LogP contribution < -0.4 is 0 Å². The lowest BCUT2D eigenvalue weighted by molar-refractivity contribution is -0.846. The molecule has 0 aromatic carbocycles. The fourth-order valence-electron chi connectivity index (χ4n) is 6.03. The molecule has 0 aliphatic rings. The van der Waals surface area contributed by atoms with Crippen molar-refractivity contribution in [3.8, 4) is 0 Å². The SMILES string of the molecule is CCCCCCCCCCCCCCCC(=O)[N+](C)(C(=O)CCCCCCCCCCCCCCC)C(C)(O)CC. The molecule has 0 fully saturated rings. The highest BCUT2D eigenvalue weighted by Gasteiger charge is 2.52. The van der Waals surface area contributed by atoms with Crippen molar-refractivity contribution in [2.75, 3.05) is 7.05 Å². The topological polar surface area (TPSA) is 54.4 Å². The van der Waals surface area contributed by atoms with Gasteiger partial charge in [0.15, 0.2) is 0 Å². The highest BCUT2D eigenvalue weighted by atomic mass is 16.3. The van der Waals surface area contributed by atoms with Crippen molar-refractivity contribution < 1.29 is 19.2 Å². The molecular formula is C37H74NO3+. The maximum absolute atomic E-state index is 13.3. The van der Waals surface area contributed by atoms with Crippen molar-refractivity contribution in [1.29, 1.82) is 0 Å². The van der Waals surface area contributed by atoms with Crippen LogP contribution in [0.5, 0.6) is 0 Å². The van der Waals surface area contributed by atoms with E-state index in [4.69, 9.17) is 0 Å². The van der Waals surface area contributed by atoms with Crippen LogP contribution in [0.25, 0.3) is 0 Å². The smallest absolute Gasteiger partial charge is 0.323 e. The summed E-state index contributed by atoms with van der Waals surface area (Å²) in [5, 5.41) is 11.1. The van der Waals surface area contributed by atoms with E-state index in [-0.39, 0.29) is 11.8 Å². The van der Waals surface area contributed by atoms with Crippen LogP contribution in [-0.2, 0) is 9.59 Å². The van der Waals surface area contributed by atoms with Gasteiger partial charge in [-0.25, -0.2) is 9.59 Å². The van der Waals surface area contributed by atoms with Crippen LogP contribution in [0.2, 0.25) is 0 Å². The summed E-state index contributed by atoms with van der Waals surface area (Å²) in [6.45, 7) is 8.07. The van der Waals surface area contributed by atoms with Gasteiger partial charge < -0.3 is 5.11 Å². The lowest BCUT2D eigenvalue weighted by atomic mass is 10.0. The standard InChI is InChI=1S/C37H74NO3/c1-6-9-11-13-15-17-19-21-23-25-27-29-31-33-35(39)38(5,37(4,41)8-3)36(40)34-32-30-28-26-24-22-20-18-16-14-12-10-7-2/h41H,6-34H2,1-5H3/q+1. The molecular weight excluding hydrogens is 506 g/mol. The van der Waals surface area contributed by atoms with Gasteiger partial charge in [-0.1, -0.05) is 175 Å². The summed E-state index contributed by atoms with van der Waals surface area (Å²) in [5.41, 5.74) is -1.35. The number of carbonyl (C=O) groups excluding carboxylic acids is 2. The molecule has 0 bridgehead atoms. The van der Waals surface area contributed by atoms with Crippen LogP contribution in [0, 0.1) is 0 Å². The number of rotatable bonds is 30. The number of hydrogen-bond acceptors (Lipinski definition) is 3. The lowest BCUT2D eigenvalue weighted by Crippen LogP contribution is -2.66. The monoisotopic (exact) mass is 581 g/mol. The molecule has 0 heterocycles. The van der Waals surface area contributed by atoms with Gasteiger partial charge in [0.1, 0.15) is 0 Å². The third kappa shape index (κ3) is 19.2. The van der Waals surface area contributed by atoms with Crippen molar-refractivity contribution >= 4 is 11.8 Å². The largest absolute Gasteiger partial charge is 0.342 e.